The van der Waals surface area contributed by atoms with E-state index < -0.39 is 0 Å². The molecule has 2 unspecified atom stereocenters. The Morgan fingerprint density at radius 3 is 2.57 bits per heavy atom. The van der Waals surface area contributed by atoms with Gasteiger partial charge in [-0.25, -0.2) is 0 Å². The molecule has 2 N–H and O–H groups in total. The number of hydrogen-bond acceptors (Lipinski definition) is 2. The first kappa shape index (κ1) is 11.3. The van der Waals surface area contributed by atoms with Crippen molar-refractivity contribution in [1.29, 1.82) is 0 Å². The lowest BCUT2D eigenvalue weighted by Gasteiger charge is -2.19. The van der Waals surface area contributed by atoms with Crippen LogP contribution in [0, 0.1) is 6.92 Å². The number of hydrogen-bond donors (Lipinski definition) is 1. The van der Waals surface area contributed by atoms with Crippen molar-refractivity contribution in [3.8, 4) is 5.75 Å². The van der Waals surface area contributed by atoms with Gasteiger partial charge in [-0.1, -0.05) is 17.7 Å². The highest BCUT2D eigenvalue weighted by Crippen LogP contribution is 2.26. The summed E-state index contributed by atoms with van der Waals surface area (Å²) in [6, 6.07) is 5.69. The van der Waals surface area contributed by atoms with Crippen LogP contribution in [0.5, 0.6) is 5.75 Å². The lowest BCUT2D eigenvalue weighted by Crippen LogP contribution is -2.33. The predicted octanol–water partition coefficient (Wildman–Crippen LogP) is 2.76. The van der Waals surface area contributed by atoms with Crippen molar-refractivity contribution < 1.29 is 4.74 Å². The molecule has 0 saturated carbocycles. The molecule has 0 bridgehead atoms. The van der Waals surface area contributed by atoms with Gasteiger partial charge >= 0.3 is 0 Å². The third-order valence-corrected chi connectivity index (χ3v) is 2.45. The topological polar surface area (TPSA) is 35.2 Å². The Labute approximate surface area is 90.0 Å². The zero-order valence-corrected chi connectivity index (χ0v) is 9.51. The summed E-state index contributed by atoms with van der Waals surface area (Å²) < 4.78 is 5.63. The van der Waals surface area contributed by atoms with Crippen molar-refractivity contribution in [1.82, 2.24) is 0 Å². The molecule has 1 aromatic carbocycles. The van der Waals surface area contributed by atoms with E-state index in [0.717, 1.165) is 5.56 Å². The number of halogens is 1. The van der Waals surface area contributed by atoms with Crippen molar-refractivity contribution in [2.24, 2.45) is 5.73 Å². The Morgan fingerprint density at radius 1 is 1.36 bits per heavy atom. The van der Waals surface area contributed by atoms with Crippen LogP contribution in [-0.4, -0.2) is 12.1 Å². The maximum absolute atomic E-state index is 5.98. The van der Waals surface area contributed by atoms with Crippen molar-refractivity contribution >= 4 is 11.6 Å². The third-order valence-electron chi connectivity index (χ3n) is 2.14. The fraction of sp³-hybridized carbons (Fsp3) is 0.455. The summed E-state index contributed by atoms with van der Waals surface area (Å²) in [5, 5.41) is 0.628. The maximum Gasteiger partial charge on any atom is 0.138 e. The molecule has 0 spiro atoms. The molecular weight excluding hydrogens is 198 g/mol. The molecule has 1 aromatic rings. The van der Waals surface area contributed by atoms with Crippen LogP contribution in [0.25, 0.3) is 0 Å². The smallest absolute Gasteiger partial charge is 0.138 e. The second-order valence-corrected chi connectivity index (χ2v) is 4.02. The van der Waals surface area contributed by atoms with Gasteiger partial charge in [0.25, 0.3) is 0 Å². The van der Waals surface area contributed by atoms with Gasteiger partial charge in [-0.05, 0) is 38.5 Å². The quantitative estimate of drug-likeness (QED) is 0.838. The molecule has 0 saturated heterocycles. The van der Waals surface area contributed by atoms with E-state index in [2.05, 4.69) is 0 Å². The molecule has 0 amide bonds. The largest absolute Gasteiger partial charge is 0.488 e. The third kappa shape index (κ3) is 2.89. The molecule has 2 nitrogen and oxygen atoms in total. The number of aryl methyl sites for hydroxylation is 1. The summed E-state index contributed by atoms with van der Waals surface area (Å²) in [5.41, 5.74) is 6.83. The first-order chi connectivity index (χ1) is 6.50. The number of ether oxygens (including phenoxy) is 1. The molecule has 0 radical (unpaired) electrons. The summed E-state index contributed by atoms with van der Waals surface area (Å²) in [7, 11) is 0. The van der Waals surface area contributed by atoms with Gasteiger partial charge in [0.1, 0.15) is 11.9 Å². The maximum atomic E-state index is 5.98. The van der Waals surface area contributed by atoms with Crippen LogP contribution in [0.4, 0.5) is 0 Å². The van der Waals surface area contributed by atoms with E-state index in [1.807, 2.05) is 39.0 Å². The average molecular weight is 214 g/mol. The van der Waals surface area contributed by atoms with E-state index in [-0.39, 0.29) is 12.1 Å². The van der Waals surface area contributed by atoms with Gasteiger partial charge in [0, 0.05) is 6.04 Å². The average Bonchev–Trinajstić information content (AvgIpc) is 2.11. The van der Waals surface area contributed by atoms with E-state index in [0.29, 0.717) is 10.8 Å². The van der Waals surface area contributed by atoms with Gasteiger partial charge in [-0.2, -0.15) is 0 Å². The highest BCUT2D eigenvalue weighted by atomic mass is 35.5. The molecule has 0 aliphatic rings. The Balaban J connectivity index is 2.80. The fourth-order valence-corrected chi connectivity index (χ4v) is 1.17. The summed E-state index contributed by atoms with van der Waals surface area (Å²) in [6.45, 7) is 5.84. The van der Waals surface area contributed by atoms with E-state index in [1.54, 1.807) is 0 Å². The Bertz CT molecular complexity index is 312. The molecule has 1 rings (SSSR count). The van der Waals surface area contributed by atoms with Gasteiger partial charge in [0.15, 0.2) is 0 Å². The Kier molecular flexibility index (Phi) is 3.78. The molecular formula is C11H16ClNO. The minimum Gasteiger partial charge on any atom is -0.488 e. The number of nitrogens with two attached hydrogens (primary N) is 1. The summed E-state index contributed by atoms with van der Waals surface area (Å²) in [4.78, 5) is 0. The molecule has 78 valence electrons. The van der Waals surface area contributed by atoms with Crippen molar-refractivity contribution in [3.05, 3.63) is 28.8 Å². The van der Waals surface area contributed by atoms with E-state index in [4.69, 9.17) is 22.1 Å². The van der Waals surface area contributed by atoms with Gasteiger partial charge in [0.2, 0.25) is 0 Å². The van der Waals surface area contributed by atoms with Crippen LogP contribution in [0.2, 0.25) is 5.02 Å². The van der Waals surface area contributed by atoms with Gasteiger partial charge in [-0.15, -0.1) is 0 Å². The molecule has 0 heterocycles. The minimum atomic E-state index is -0.0331. The normalized spacial score (nSPS) is 14.9. The molecule has 0 aliphatic heterocycles. The molecule has 0 aromatic heterocycles. The van der Waals surface area contributed by atoms with Crippen LogP contribution < -0.4 is 10.5 Å². The second kappa shape index (κ2) is 4.67. The highest BCUT2D eigenvalue weighted by molar-refractivity contribution is 6.32. The molecule has 3 heteroatoms. The summed E-state index contributed by atoms with van der Waals surface area (Å²) in [5.74, 6) is 0.705. The van der Waals surface area contributed by atoms with Gasteiger partial charge < -0.3 is 10.5 Å². The summed E-state index contributed by atoms with van der Waals surface area (Å²) >= 11 is 5.98. The van der Waals surface area contributed by atoms with E-state index in [1.165, 1.54) is 0 Å². The van der Waals surface area contributed by atoms with Crippen molar-refractivity contribution in [2.75, 3.05) is 0 Å². The lowest BCUT2D eigenvalue weighted by atomic mass is 10.2. The first-order valence-corrected chi connectivity index (χ1v) is 5.07. The monoisotopic (exact) mass is 213 g/mol. The molecule has 2 atom stereocenters. The SMILES string of the molecule is Cc1ccc(Cl)c(OC(C)C(C)N)c1. The van der Waals surface area contributed by atoms with Crippen molar-refractivity contribution in [2.45, 2.75) is 32.9 Å². The van der Waals surface area contributed by atoms with Crippen LogP contribution >= 0.6 is 11.6 Å². The molecule has 0 aliphatic carbocycles. The second-order valence-electron chi connectivity index (χ2n) is 3.62. The standard InChI is InChI=1S/C11H16ClNO/c1-7-4-5-10(12)11(6-7)14-9(3)8(2)13/h4-6,8-9H,13H2,1-3H3. The van der Waals surface area contributed by atoms with Crippen molar-refractivity contribution in [3.63, 3.8) is 0 Å². The minimum absolute atomic E-state index is 0.00780. The van der Waals surface area contributed by atoms with Crippen LogP contribution in [-0.2, 0) is 0 Å². The Morgan fingerprint density at radius 2 is 2.00 bits per heavy atom. The van der Waals surface area contributed by atoms with E-state index >= 15 is 0 Å². The van der Waals surface area contributed by atoms with Crippen LogP contribution in [0.15, 0.2) is 18.2 Å². The predicted molar refractivity (Wildman–Crippen MR) is 59.9 cm³/mol. The van der Waals surface area contributed by atoms with E-state index in [9.17, 15) is 0 Å². The van der Waals surface area contributed by atoms with Crippen LogP contribution in [0.1, 0.15) is 19.4 Å². The molecule has 0 fully saturated rings. The fourth-order valence-electron chi connectivity index (χ4n) is 1.01. The zero-order valence-electron chi connectivity index (χ0n) is 8.75. The number of benzene rings is 1. The Hall–Kier alpha value is -0.730. The number of rotatable bonds is 3. The summed E-state index contributed by atoms with van der Waals surface area (Å²) in [6.07, 6.45) is -0.0331. The van der Waals surface area contributed by atoms with Crippen LogP contribution in [0.3, 0.4) is 0 Å². The van der Waals surface area contributed by atoms with Gasteiger partial charge in [-0.3, -0.25) is 0 Å². The molecule has 14 heavy (non-hydrogen) atoms. The first-order valence-electron chi connectivity index (χ1n) is 4.69. The van der Waals surface area contributed by atoms with Gasteiger partial charge in [0.05, 0.1) is 5.02 Å². The lowest BCUT2D eigenvalue weighted by molar-refractivity contribution is 0.197. The zero-order chi connectivity index (χ0) is 10.7. The highest BCUT2D eigenvalue weighted by Gasteiger charge is 2.11.